The number of carbonyl (C=O) groups excluding carboxylic acids is 2. The number of aromatic nitrogens is 1. The van der Waals surface area contributed by atoms with Gasteiger partial charge in [-0.05, 0) is 61.9 Å². The first-order chi connectivity index (χ1) is 18.5. The molecule has 1 saturated carbocycles. The molecule has 6 rings (SSSR count). The zero-order valence-electron chi connectivity index (χ0n) is 21.9. The quantitative estimate of drug-likeness (QED) is 0.529. The second kappa shape index (κ2) is 9.67. The van der Waals surface area contributed by atoms with Crippen LogP contribution in [-0.2, 0) is 27.7 Å². The Morgan fingerprint density at radius 1 is 1.18 bits per heavy atom. The average Bonchev–Trinajstić information content (AvgIpc) is 3.28. The molecule has 3 amide bonds. The Hall–Kier alpha value is -2.82. The molecule has 2 N–H and O–H groups in total. The van der Waals surface area contributed by atoms with E-state index < -0.39 is 15.3 Å². The molecule has 0 atom stereocenters. The van der Waals surface area contributed by atoms with Crippen LogP contribution in [0.3, 0.4) is 0 Å². The molecular weight excluding hydrogens is 540 g/mol. The number of rotatable bonds is 7. The molecule has 1 aromatic carbocycles. The minimum atomic E-state index is -3.09. The topological polar surface area (TPSA) is 112 Å². The number of urea groups is 1. The van der Waals surface area contributed by atoms with E-state index in [9.17, 15) is 23.1 Å². The highest BCUT2D eigenvalue weighted by molar-refractivity contribution is 7.90. The maximum atomic E-state index is 14.1. The Kier molecular flexibility index (Phi) is 6.55. The number of aliphatic hydroxyl groups excluding tert-OH is 1. The van der Waals surface area contributed by atoms with E-state index in [2.05, 4.69) is 22.0 Å². The predicted molar refractivity (Wildman–Crippen MR) is 149 cm³/mol. The zero-order chi connectivity index (χ0) is 27.5. The molecule has 11 heteroatoms. The fraction of sp³-hybridized carbons (Fsp3) is 0.500. The van der Waals surface area contributed by atoms with Crippen LogP contribution in [0.1, 0.15) is 37.8 Å². The van der Waals surface area contributed by atoms with E-state index >= 15 is 0 Å². The summed E-state index contributed by atoms with van der Waals surface area (Å²) in [6.45, 7) is 1.52. The number of aryl methyl sites for hydroxylation is 1. The van der Waals surface area contributed by atoms with Gasteiger partial charge >= 0.3 is 6.03 Å². The minimum Gasteiger partial charge on any atom is -0.393 e. The fourth-order valence-electron chi connectivity index (χ4n) is 6.37. The predicted octanol–water partition coefficient (Wildman–Crippen LogP) is 3.21. The van der Waals surface area contributed by atoms with Crippen LogP contribution in [-0.4, -0.2) is 77.1 Å². The van der Waals surface area contributed by atoms with Crippen LogP contribution >= 0.6 is 11.6 Å². The van der Waals surface area contributed by atoms with Crippen molar-refractivity contribution in [1.82, 2.24) is 19.7 Å². The zero-order valence-corrected chi connectivity index (χ0v) is 23.5. The SMILES string of the molecule is CS(=O)(=O)CCCn1c(CN2C(=O)C3(CN(C(=O)NC4CC(O)C4)C3)C3=CCCC=C32)cc2cc(Cl)ccc21. The van der Waals surface area contributed by atoms with Gasteiger partial charge < -0.3 is 24.8 Å². The molecule has 0 unspecified atom stereocenters. The minimum absolute atomic E-state index is 0.00371. The molecule has 2 saturated heterocycles. The normalized spacial score (nSPS) is 23.8. The largest absolute Gasteiger partial charge is 0.393 e. The van der Waals surface area contributed by atoms with Crippen molar-refractivity contribution in [2.45, 2.75) is 57.3 Å². The number of hydrogen-bond acceptors (Lipinski definition) is 5. The van der Waals surface area contributed by atoms with E-state index in [-0.39, 0.29) is 29.8 Å². The lowest BCUT2D eigenvalue weighted by atomic mass is 9.73. The Balaban J connectivity index is 1.25. The Labute approximate surface area is 233 Å². The van der Waals surface area contributed by atoms with E-state index in [0.717, 1.165) is 40.7 Å². The number of aliphatic hydroxyl groups is 1. The molecule has 4 aliphatic rings. The van der Waals surface area contributed by atoms with E-state index in [4.69, 9.17) is 11.6 Å². The molecule has 0 radical (unpaired) electrons. The lowest BCUT2D eigenvalue weighted by molar-refractivity contribution is -0.140. The van der Waals surface area contributed by atoms with Crippen LogP contribution in [0.5, 0.6) is 0 Å². The van der Waals surface area contributed by atoms with Gasteiger partial charge in [-0.25, -0.2) is 13.2 Å². The highest BCUT2D eigenvalue weighted by atomic mass is 35.5. The first-order valence-electron chi connectivity index (χ1n) is 13.5. The van der Waals surface area contributed by atoms with Crippen LogP contribution in [0, 0.1) is 5.41 Å². The summed E-state index contributed by atoms with van der Waals surface area (Å²) in [4.78, 5) is 30.3. The molecule has 3 heterocycles. The highest BCUT2D eigenvalue weighted by Gasteiger charge is 2.61. The number of hydrogen-bond donors (Lipinski definition) is 2. The van der Waals surface area contributed by atoms with Gasteiger partial charge in [-0.15, -0.1) is 0 Å². The van der Waals surface area contributed by atoms with Gasteiger partial charge in [0.15, 0.2) is 0 Å². The molecule has 3 fully saturated rings. The van der Waals surface area contributed by atoms with Gasteiger partial charge in [0.25, 0.3) is 0 Å². The second-order valence-corrected chi connectivity index (χ2v) is 14.1. The lowest BCUT2D eigenvalue weighted by Gasteiger charge is -2.47. The summed E-state index contributed by atoms with van der Waals surface area (Å²) in [5.74, 6) is 0.0808. The number of nitrogens with one attached hydrogen (secondary N) is 1. The lowest BCUT2D eigenvalue weighted by Crippen LogP contribution is -2.65. The van der Waals surface area contributed by atoms with Crippen molar-refractivity contribution < 1.29 is 23.1 Å². The van der Waals surface area contributed by atoms with Gasteiger partial charge in [0.2, 0.25) is 5.91 Å². The molecule has 0 bridgehead atoms. The number of likely N-dealkylation sites (tertiary alicyclic amines) is 2. The molecule has 2 aromatic rings. The number of nitrogens with zero attached hydrogens (tertiary/aromatic N) is 3. The first kappa shape index (κ1) is 26.4. The first-order valence-corrected chi connectivity index (χ1v) is 15.9. The van der Waals surface area contributed by atoms with Crippen LogP contribution in [0.2, 0.25) is 5.02 Å². The number of fused-ring (bicyclic) bond motifs is 3. The molecule has 2 aliphatic carbocycles. The number of benzene rings is 1. The summed E-state index contributed by atoms with van der Waals surface area (Å²) in [7, 11) is -3.09. The van der Waals surface area contributed by atoms with Gasteiger partial charge in [0.05, 0.1) is 18.4 Å². The van der Waals surface area contributed by atoms with Gasteiger partial charge in [-0.3, -0.25) is 4.79 Å². The van der Waals surface area contributed by atoms with Crippen LogP contribution in [0.25, 0.3) is 10.9 Å². The number of allylic oxidation sites excluding steroid dienone is 3. The van der Waals surface area contributed by atoms with Crippen molar-refractivity contribution in [3.8, 4) is 0 Å². The highest BCUT2D eigenvalue weighted by Crippen LogP contribution is 2.51. The van der Waals surface area contributed by atoms with Gasteiger partial charge in [-0.1, -0.05) is 23.8 Å². The smallest absolute Gasteiger partial charge is 0.317 e. The maximum absolute atomic E-state index is 14.1. The van der Waals surface area contributed by atoms with E-state index in [1.54, 1.807) is 4.90 Å². The van der Waals surface area contributed by atoms with Crippen molar-refractivity contribution in [3.05, 3.63) is 58.4 Å². The van der Waals surface area contributed by atoms with Gasteiger partial charge in [0, 0.05) is 59.2 Å². The van der Waals surface area contributed by atoms with Crippen molar-refractivity contribution in [1.29, 1.82) is 0 Å². The summed E-state index contributed by atoms with van der Waals surface area (Å²) < 4.78 is 25.6. The third-order valence-electron chi connectivity index (χ3n) is 8.41. The molecule has 9 nitrogen and oxygen atoms in total. The molecular formula is C28H33ClN4O5S. The standard InChI is InChI=1S/C28H33ClN4O5S/c1-39(37,38)10-4-9-32-21(12-18-11-19(29)7-8-24(18)32)15-33-25-6-3-2-5-23(25)28(26(33)35)16-31(17-28)27(36)30-20-13-22(34)14-20/h5-8,11-12,20,22,34H,2-4,9-10,13-17H2,1H3,(H,30,36). The summed E-state index contributed by atoms with van der Waals surface area (Å²) in [5, 5.41) is 14.0. The summed E-state index contributed by atoms with van der Waals surface area (Å²) >= 11 is 6.26. The number of amides is 3. The molecule has 1 spiro atoms. The van der Waals surface area contributed by atoms with E-state index in [0.29, 0.717) is 50.5 Å². The second-order valence-electron chi connectivity index (χ2n) is 11.4. The van der Waals surface area contributed by atoms with E-state index in [1.165, 1.54) is 6.26 Å². The maximum Gasteiger partial charge on any atom is 0.317 e. The van der Waals surface area contributed by atoms with Crippen molar-refractivity contribution in [2.24, 2.45) is 5.41 Å². The monoisotopic (exact) mass is 572 g/mol. The third-order valence-corrected chi connectivity index (χ3v) is 9.67. The molecule has 2 aliphatic heterocycles. The molecule has 208 valence electrons. The van der Waals surface area contributed by atoms with Crippen molar-refractivity contribution in [2.75, 3.05) is 25.1 Å². The average molecular weight is 573 g/mol. The Morgan fingerprint density at radius 3 is 2.64 bits per heavy atom. The number of carbonyl (C=O) groups is 2. The fourth-order valence-corrected chi connectivity index (χ4v) is 7.20. The van der Waals surface area contributed by atoms with Crippen LogP contribution in [0.15, 0.2) is 47.7 Å². The molecule has 39 heavy (non-hydrogen) atoms. The Bertz CT molecular complexity index is 1520. The van der Waals surface area contributed by atoms with E-state index in [1.807, 2.05) is 29.2 Å². The van der Waals surface area contributed by atoms with Crippen molar-refractivity contribution >= 4 is 44.3 Å². The van der Waals surface area contributed by atoms with Crippen molar-refractivity contribution in [3.63, 3.8) is 0 Å². The summed E-state index contributed by atoms with van der Waals surface area (Å²) in [6.07, 6.45) is 8.47. The number of sulfone groups is 1. The van der Waals surface area contributed by atoms with Gasteiger partial charge in [-0.2, -0.15) is 0 Å². The third kappa shape index (κ3) is 4.76. The van der Waals surface area contributed by atoms with Crippen LogP contribution in [0.4, 0.5) is 4.79 Å². The number of halogens is 1. The van der Waals surface area contributed by atoms with Gasteiger partial charge in [0.1, 0.15) is 15.3 Å². The Morgan fingerprint density at radius 2 is 1.92 bits per heavy atom. The summed E-state index contributed by atoms with van der Waals surface area (Å²) in [5.41, 5.74) is 3.04. The molecule has 1 aromatic heterocycles. The summed E-state index contributed by atoms with van der Waals surface area (Å²) in [6, 6.07) is 7.47. The van der Waals surface area contributed by atoms with Crippen LogP contribution < -0.4 is 5.32 Å².